The van der Waals surface area contributed by atoms with Crippen LogP contribution in [0, 0.1) is 11.6 Å². The molecule has 2 aromatic carbocycles. The molecule has 7 nitrogen and oxygen atoms in total. The van der Waals surface area contributed by atoms with Gasteiger partial charge >= 0.3 is 5.97 Å². The average Bonchev–Trinajstić information content (AvgIpc) is 2.77. The van der Waals surface area contributed by atoms with E-state index in [4.69, 9.17) is 4.74 Å². The normalized spacial score (nSPS) is 10.4. The lowest BCUT2D eigenvalue weighted by Crippen LogP contribution is -2.30. The van der Waals surface area contributed by atoms with Crippen molar-refractivity contribution in [1.82, 2.24) is 10.3 Å². The molecule has 9 heteroatoms. The second-order valence-corrected chi connectivity index (χ2v) is 6.42. The fourth-order valence-corrected chi connectivity index (χ4v) is 2.74. The number of nitrogens with one attached hydrogen (secondary N) is 2. The maximum atomic E-state index is 13.8. The zero-order chi connectivity index (χ0) is 22.4. The zero-order valence-corrected chi connectivity index (χ0v) is 16.4. The van der Waals surface area contributed by atoms with Gasteiger partial charge in [-0.1, -0.05) is 36.4 Å². The standard InChI is InChI=1S/C22H18F2N2O5/c1-30-22(29)18-20(31-12-13-5-3-2-4-6-13)19(27)16(11-25-18)21(28)26-10-14-7-8-15(23)9-17(14)24/h2-9,11H,10,12H2,1H3,(H,25,27)(H,26,28). The molecule has 1 heterocycles. The summed E-state index contributed by atoms with van der Waals surface area (Å²) in [5.41, 5.74) is -0.660. The highest BCUT2D eigenvalue weighted by atomic mass is 19.1. The summed E-state index contributed by atoms with van der Waals surface area (Å²) in [7, 11) is 1.14. The number of benzene rings is 2. The van der Waals surface area contributed by atoms with Crippen LogP contribution in [0.15, 0.2) is 59.5 Å². The quantitative estimate of drug-likeness (QED) is 0.564. The summed E-state index contributed by atoms with van der Waals surface area (Å²) in [5, 5.41) is 2.39. The fraction of sp³-hybridized carbons (Fsp3) is 0.136. The maximum Gasteiger partial charge on any atom is 0.358 e. The van der Waals surface area contributed by atoms with Gasteiger partial charge in [0.25, 0.3) is 5.91 Å². The summed E-state index contributed by atoms with van der Waals surface area (Å²) >= 11 is 0. The van der Waals surface area contributed by atoms with Gasteiger partial charge in [-0.3, -0.25) is 9.59 Å². The minimum absolute atomic E-state index is 0.0280. The van der Waals surface area contributed by atoms with E-state index < -0.39 is 28.9 Å². The van der Waals surface area contributed by atoms with Gasteiger partial charge in [-0.25, -0.2) is 13.6 Å². The number of aromatic amines is 1. The summed E-state index contributed by atoms with van der Waals surface area (Å²) in [6.45, 7) is -0.302. The summed E-state index contributed by atoms with van der Waals surface area (Å²) in [4.78, 5) is 39.9. The molecule has 0 aliphatic rings. The molecule has 3 rings (SSSR count). The van der Waals surface area contributed by atoms with E-state index >= 15 is 0 Å². The van der Waals surface area contributed by atoms with Crippen molar-refractivity contribution in [2.24, 2.45) is 0 Å². The second kappa shape index (κ2) is 9.66. The molecule has 0 saturated carbocycles. The summed E-state index contributed by atoms with van der Waals surface area (Å²) in [5.74, 6) is -3.63. The third-order valence-corrected chi connectivity index (χ3v) is 4.35. The van der Waals surface area contributed by atoms with E-state index in [-0.39, 0.29) is 35.7 Å². The maximum absolute atomic E-state index is 13.8. The van der Waals surface area contributed by atoms with Crippen molar-refractivity contribution >= 4 is 11.9 Å². The smallest absolute Gasteiger partial charge is 0.358 e. The van der Waals surface area contributed by atoms with Gasteiger partial charge in [0.15, 0.2) is 11.4 Å². The predicted octanol–water partition coefficient (Wildman–Crippen LogP) is 2.95. The van der Waals surface area contributed by atoms with Crippen LogP contribution in [0.2, 0.25) is 0 Å². The van der Waals surface area contributed by atoms with E-state index in [2.05, 4.69) is 15.0 Å². The molecule has 1 amide bonds. The fourth-order valence-electron chi connectivity index (χ4n) is 2.74. The molecule has 0 fully saturated rings. The zero-order valence-electron chi connectivity index (χ0n) is 16.4. The van der Waals surface area contributed by atoms with Crippen LogP contribution in [-0.4, -0.2) is 24.0 Å². The molecular weight excluding hydrogens is 410 g/mol. The van der Waals surface area contributed by atoms with Crippen LogP contribution in [0.1, 0.15) is 32.0 Å². The van der Waals surface area contributed by atoms with Crippen LogP contribution < -0.4 is 15.5 Å². The molecule has 0 unspecified atom stereocenters. The number of rotatable bonds is 7. The number of pyridine rings is 1. The van der Waals surface area contributed by atoms with Gasteiger partial charge in [-0.05, 0) is 11.6 Å². The van der Waals surface area contributed by atoms with Crippen molar-refractivity contribution in [3.8, 4) is 5.75 Å². The summed E-state index contributed by atoms with van der Waals surface area (Å²) < 4.78 is 37.0. The van der Waals surface area contributed by atoms with E-state index in [9.17, 15) is 23.2 Å². The van der Waals surface area contributed by atoms with Crippen LogP contribution in [0.25, 0.3) is 0 Å². The number of carbonyl (C=O) groups is 2. The number of halogens is 2. The van der Waals surface area contributed by atoms with Crippen molar-refractivity contribution < 1.29 is 27.8 Å². The van der Waals surface area contributed by atoms with Gasteiger partial charge in [0.05, 0.1) is 7.11 Å². The highest BCUT2D eigenvalue weighted by Crippen LogP contribution is 2.16. The van der Waals surface area contributed by atoms with Crippen molar-refractivity contribution in [3.05, 3.63) is 99.0 Å². The van der Waals surface area contributed by atoms with Crippen LogP contribution in [0.3, 0.4) is 0 Å². The second-order valence-electron chi connectivity index (χ2n) is 6.42. The SMILES string of the molecule is COC(=O)c1[nH]cc(C(=O)NCc2ccc(F)cc2F)c(=O)c1OCc1ccccc1. The third-order valence-electron chi connectivity index (χ3n) is 4.35. The lowest BCUT2D eigenvalue weighted by molar-refractivity contribution is 0.0587. The number of amides is 1. The highest BCUT2D eigenvalue weighted by molar-refractivity contribution is 5.96. The summed E-state index contributed by atoms with van der Waals surface area (Å²) in [6, 6.07) is 11.8. The highest BCUT2D eigenvalue weighted by Gasteiger charge is 2.23. The van der Waals surface area contributed by atoms with E-state index in [0.717, 1.165) is 24.9 Å². The van der Waals surface area contributed by atoms with Gasteiger partial charge < -0.3 is 19.8 Å². The number of carbonyl (C=O) groups excluding carboxylic acids is 2. The van der Waals surface area contributed by atoms with Crippen molar-refractivity contribution in [2.45, 2.75) is 13.2 Å². The molecule has 0 atom stereocenters. The monoisotopic (exact) mass is 428 g/mol. The number of aromatic nitrogens is 1. The van der Waals surface area contributed by atoms with E-state index in [1.54, 1.807) is 24.3 Å². The Morgan fingerprint density at radius 3 is 2.52 bits per heavy atom. The Kier molecular flexibility index (Phi) is 6.76. The third kappa shape index (κ3) is 5.13. The molecule has 3 aromatic rings. The Bertz CT molecular complexity index is 1160. The molecule has 2 N–H and O–H groups in total. The van der Waals surface area contributed by atoms with Gasteiger partial charge in [0, 0.05) is 24.4 Å². The van der Waals surface area contributed by atoms with Gasteiger partial charge in [-0.2, -0.15) is 0 Å². The first-order chi connectivity index (χ1) is 14.9. The number of esters is 1. The molecule has 0 spiro atoms. The first kappa shape index (κ1) is 21.7. The molecular formula is C22H18F2N2O5. The number of ether oxygens (including phenoxy) is 2. The summed E-state index contributed by atoms with van der Waals surface area (Å²) in [6.07, 6.45) is 1.04. The lowest BCUT2D eigenvalue weighted by Gasteiger charge is -2.12. The number of hydrogen-bond acceptors (Lipinski definition) is 5. The van der Waals surface area contributed by atoms with Crippen LogP contribution in [0.5, 0.6) is 5.75 Å². The number of hydrogen-bond donors (Lipinski definition) is 2. The average molecular weight is 428 g/mol. The van der Waals surface area contributed by atoms with Crippen LogP contribution in [-0.2, 0) is 17.9 Å². The first-order valence-corrected chi connectivity index (χ1v) is 9.13. The van der Waals surface area contributed by atoms with Gasteiger partial charge in [0.2, 0.25) is 5.43 Å². The van der Waals surface area contributed by atoms with Crippen molar-refractivity contribution in [1.29, 1.82) is 0 Å². The molecule has 0 bridgehead atoms. The van der Waals surface area contributed by atoms with E-state index in [1.807, 2.05) is 6.07 Å². The van der Waals surface area contributed by atoms with Gasteiger partial charge in [0.1, 0.15) is 23.8 Å². The number of H-pyrrole nitrogens is 1. The lowest BCUT2D eigenvalue weighted by atomic mass is 10.1. The minimum atomic E-state index is -0.847. The Labute approximate surface area is 175 Å². The van der Waals surface area contributed by atoms with Crippen molar-refractivity contribution in [3.63, 3.8) is 0 Å². The Morgan fingerprint density at radius 1 is 1.10 bits per heavy atom. The van der Waals surface area contributed by atoms with E-state index in [0.29, 0.717) is 6.07 Å². The molecule has 0 aliphatic carbocycles. The van der Waals surface area contributed by atoms with Gasteiger partial charge in [-0.15, -0.1) is 0 Å². The molecule has 0 radical (unpaired) electrons. The molecule has 0 saturated heterocycles. The first-order valence-electron chi connectivity index (χ1n) is 9.13. The van der Waals surface area contributed by atoms with E-state index in [1.165, 1.54) is 6.07 Å². The van der Waals surface area contributed by atoms with Crippen molar-refractivity contribution in [2.75, 3.05) is 7.11 Å². The largest absolute Gasteiger partial charge is 0.482 e. The Hall–Kier alpha value is -4.01. The minimum Gasteiger partial charge on any atom is -0.482 e. The molecule has 0 aliphatic heterocycles. The topological polar surface area (TPSA) is 97.5 Å². The molecule has 31 heavy (non-hydrogen) atoms. The van der Waals surface area contributed by atoms with Crippen LogP contribution in [0.4, 0.5) is 8.78 Å². The molecule has 1 aromatic heterocycles. The molecule has 160 valence electrons. The Morgan fingerprint density at radius 2 is 1.84 bits per heavy atom. The Balaban J connectivity index is 1.85. The predicted molar refractivity (Wildman–Crippen MR) is 107 cm³/mol. The number of methoxy groups -OCH3 is 1. The van der Waals surface area contributed by atoms with Crippen LogP contribution >= 0.6 is 0 Å².